The lowest BCUT2D eigenvalue weighted by molar-refractivity contribution is 0.730. The highest BCUT2D eigenvalue weighted by Crippen LogP contribution is 2.10. The number of halogens is 1. The second-order valence-corrected chi connectivity index (χ2v) is 4.43. The van der Waals surface area contributed by atoms with Crippen molar-refractivity contribution in [2.75, 3.05) is 0 Å². The van der Waals surface area contributed by atoms with Crippen LogP contribution in [0.3, 0.4) is 0 Å². The van der Waals surface area contributed by atoms with Crippen LogP contribution in [-0.4, -0.2) is 0 Å². The summed E-state index contributed by atoms with van der Waals surface area (Å²) in [5.41, 5.74) is 1.15. The normalized spacial score (nSPS) is 13.9. The average Bonchev–Trinajstić information content (AvgIpc) is 2.33. The Bertz CT molecular complexity index is 301. The van der Waals surface area contributed by atoms with E-state index in [0.29, 0.717) is 0 Å². The predicted octanol–water partition coefficient (Wildman–Crippen LogP) is 5.21. The fourth-order valence-corrected chi connectivity index (χ4v) is 1.62. The number of hydrogen-bond donors (Lipinski definition) is 0. The molecule has 0 bridgehead atoms. The van der Waals surface area contributed by atoms with Crippen molar-refractivity contribution in [1.29, 1.82) is 0 Å². The maximum absolute atomic E-state index is 3.65. The third-order valence-corrected chi connectivity index (χ3v) is 2.79. The Morgan fingerprint density at radius 1 is 1.00 bits per heavy atom. The minimum atomic E-state index is 1.10. The summed E-state index contributed by atoms with van der Waals surface area (Å²) in [6, 6.07) is 8.02. The largest absolute Gasteiger partial charge is 0.0985 e. The van der Waals surface area contributed by atoms with Gasteiger partial charge in [-0.15, -0.1) is 0 Å². The van der Waals surface area contributed by atoms with Gasteiger partial charge in [0.2, 0.25) is 0 Å². The molecule has 0 saturated heterocycles. The quantitative estimate of drug-likeness (QED) is 0.611. The summed E-state index contributed by atoms with van der Waals surface area (Å²) in [6.07, 6.45) is 11.8. The van der Waals surface area contributed by atoms with Crippen molar-refractivity contribution in [1.82, 2.24) is 0 Å². The van der Waals surface area contributed by atoms with Gasteiger partial charge in [0.05, 0.1) is 0 Å². The Labute approximate surface area is 101 Å². The molecule has 0 atom stereocenters. The molecule has 1 heteroatoms. The maximum Gasteiger partial charge on any atom is 0.0175 e. The number of allylic oxidation sites excluding steroid dienone is 2. The Balaban J connectivity index is 0.000000162. The van der Waals surface area contributed by atoms with Gasteiger partial charge in [0.1, 0.15) is 0 Å². The minimum absolute atomic E-state index is 1.10. The van der Waals surface area contributed by atoms with Crippen molar-refractivity contribution in [3.63, 3.8) is 0 Å². The lowest BCUT2D eigenvalue weighted by Gasteiger charge is -1.97. The topological polar surface area (TPSA) is 0 Å². The lowest BCUT2D eigenvalue weighted by Crippen LogP contribution is -1.77. The van der Waals surface area contributed by atoms with Gasteiger partial charge in [-0.25, -0.2) is 0 Å². The molecule has 0 heterocycles. The van der Waals surface area contributed by atoms with E-state index in [4.69, 9.17) is 0 Å². The van der Waals surface area contributed by atoms with Gasteiger partial charge < -0.3 is 0 Å². The summed E-state index contributed by atoms with van der Waals surface area (Å²) in [7, 11) is 0. The van der Waals surface area contributed by atoms with Crippen LogP contribution in [0, 0.1) is 0 Å². The van der Waals surface area contributed by atoms with E-state index in [9.17, 15) is 0 Å². The number of hydrogen-bond acceptors (Lipinski definition) is 0. The number of benzene rings is 1. The molecular weight excluding hydrogens is 248 g/mol. The molecule has 15 heavy (non-hydrogen) atoms. The summed E-state index contributed by atoms with van der Waals surface area (Å²) in [4.78, 5) is 0. The van der Waals surface area contributed by atoms with Crippen LogP contribution >= 0.6 is 15.9 Å². The Morgan fingerprint density at radius 2 is 1.53 bits per heavy atom. The van der Waals surface area contributed by atoms with E-state index in [2.05, 4.69) is 34.7 Å². The van der Waals surface area contributed by atoms with E-state index < -0.39 is 0 Å². The molecule has 2 rings (SSSR count). The van der Waals surface area contributed by atoms with Crippen molar-refractivity contribution < 1.29 is 0 Å². The monoisotopic (exact) mass is 264 g/mol. The molecule has 0 N–H and O–H groups in total. The average molecular weight is 265 g/mol. The fourth-order valence-electron chi connectivity index (χ4n) is 1.36. The van der Waals surface area contributed by atoms with E-state index in [0.717, 1.165) is 10.0 Å². The summed E-state index contributed by atoms with van der Waals surface area (Å²) < 4.78 is 1.10. The third kappa shape index (κ3) is 5.58. The van der Waals surface area contributed by atoms with Gasteiger partial charge in [-0.2, -0.15) is 0 Å². The van der Waals surface area contributed by atoms with Crippen molar-refractivity contribution in [3.05, 3.63) is 53.0 Å². The van der Waals surface area contributed by atoms with Crippen LogP contribution < -0.4 is 0 Å². The third-order valence-electron chi connectivity index (χ3n) is 2.26. The minimum Gasteiger partial charge on any atom is -0.0985 e. The van der Waals surface area contributed by atoms with Gasteiger partial charge >= 0.3 is 0 Å². The molecule has 1 aromatic carbocycles. The second-order valence-electron chi connectivity index (χ2n) is 3.51. The molecule has 1 aliphatic rings. The van der Waals surface area contributed by atoms with Crippen LogP contribution in [0.4, 0.5) is 0 Å². The second kappa shape index (κ2) is 7.47. The van der Waals surface area contributed by atoms with Gasteiger partial charge in [0.15, 0.2) is 0 Å². The highest BCUT2D eigenvalue weighted by molar-refractivity contribution is 9.10. The fraction of sp³-hybridized carbons (Fsp3) is 0.286. The molecule has 0 unspecified atom stereocenters. The maximum atomic E-state index is 3.65. The first kappa shape index (κ1) is 12.3. The Hall–Kier alpha value is -0.820. The molecule has 0 fully saturated rings. The highest BCUT2D eigenvalue weighted by atomic mass is 79.9. The molecule has 0 nitrogen and oxygen atoms in total. The molecule has 0 spiro atoms. The number of rotatable bonds is 1. The molecule has 1 aliphatic carbocycles. The van der Waals surface area contributed by atoms with Crippen molar-refractivity contribution in [3.8, 4) is 0 Å². The van der Waals surface area contributed by atoms with E-state index >= 15 is 0 Å². The van der Waals surface area contributed by atoms with Gasteiger partial charge in [0.25, 0.3) is 0 Å². The van der Waals surface area contributed by atoms with Crippen LogP contribution in [0.15, 0.2) is 47.5 Å². The molecule has 1 aromatic rings. The lowest BCUT2D eigenvalue weighted by atomic mass is 10.1. The van der Waals surface area contributed by atoms with Crippen LogP contribution in [0.5, 0.6) is 0 Å². The van der Waals surface area contributed by atoms with E-state index in [1.165, 1.54) is 25.7 Å². The Morgan fingerprint density at radius 3 is 1.87 bits per heavy atom. The standard InChI is InChI=1S/C8H7Br.C6H10/c1-2-7-3-5-8(9)6-4-7;1-2-4-6-5-3-1/h2-6H,1H2;1-2H,3-6H2. The van der Waals surface area contributed by atoms with E-state index in [1.807, 2.05) is 30.3 Å². The first-order valence-electron chi connectivity index (χ1n) is 5.36. The molecule has 0 saturated carbocycles. The van der Waals surface area contributed by atoms with Gasteiger partial charge in [0, 0.05) is 4.47 Å². The predicted molar refractivity (Wildman–Crippen MR) is 71.8 cm³/mol. The van der Waals surface area contributed by atoms with Crippen LogP contribution in [-0.2, 0) is 0 Å². The molecule has 0 aromatic heterocycles. The SMILES string of the molecule is C1=CCCCC1.C=Cc1ccc(Br)cc1. The summed E-state index contributed by atoms with van der Waals surface area (Å²) in [5.74, 6) is 0. The summed E-state index contributed by atoms with van der Waals surface area (Å²) in [5, 5.41) is 0. The first-order chi connectivity index (χ1) is 7.33. The molecule has 80 valence electrons. The van der Waals surface area contributed by atoms with Gasteiger partial charge in [-0.1, -0.05) is 52.9 Å². The summed E-state index contributed by atoms with van der Waals surface area (Å²) in [6.45, 7) is 3.65. The molecule has 0 aliphatic heterocycles. The van der Waals surface area contributed by atoms with Gasteiger partial charge in [-0.05, 0) is 43.4 Å². The Kier molecular flexibility index (Phi) is 6.10. The molecular formula is C14H17Br. The van der Waals surface area contributed by atoms with Crippen molar-refractivity contribution >= 4 is 22.0 Å². The van der Waals surface area contributed by atoms with Crippen LogP contribution in [0.25, 0.3) is 6.08 Å². The van der Waals surface area contributed by atoms with E-state index in [-0.39, 0.29) is 0 Å². The van der Waals surface area contributed by atoms with Crippen molar-refractivity contribution in [2.45, 2.75) is 25.7 Å². The van der Waals surface area contributed by atoms with Gasteiger partial charge in [-0.3, -0.25) is 0 Å². The van der Waals surface area contributed by atoms with Crippen LogP contribution in [0.1, 0.15) is 31.2 Å². The summed E-state index contributed by atoms with van der Waals surface area (Å²) >= 11 is 3.34. The molecule has 0 radical (unpaired) electrons. The zero-order valence-corrected chi connectivity index (χ0v) is 10.5. The zero-order valence-electron chi connectivity index (χ0n) is 8.95. The first-order valence-corrected chi connectivity index (χ1v) is 6.15. The zero-order chi connectivity index (χ0) is 10.9. The molecule has 0 amide bonds. The van der Waals surface area contributed by atoms with Crippen molar-refractivity contribution in [2.24, 2.45) is 0 Å². The van der Waals surface area contributed by atoms with E-state index in [1.54, 1.807) is 0 Å². The van der Waals surface area contributed by atoms with Crippen LogP contribution in [0.2, 0.25) is 0 Å². The highest BCUT2D eigenvalue weighted by Gasteiger charge is 1.87. The smallest absolute Gasteiger partial charge is 0.0175 e.